The summed E-state index contributed by atoms with van der Waals surface area (Å²) in [4.78, 5) is 12.8. The van der Waals surface area contributed by atoms with Crippen LogP contribution in [-0.4, -0.2) is 26.6 Å². The third-order valence-electron chi connectivity index (χ3n) is 5.48. The fourth-order valence-corrected chi connectivity index (χ4v) is 5.04. The van der Waals surface area contributed by atoms with Crippen molar-refractivity contribution < 1.29 is 22.0 Å². The third-order valence-corrected chi connectivity index (χ3v) is 6.72. The molecule has 3 rings (SSSR count). The zero-order chi connectivity index (χ0) is 22.1. The summed E-state index contributed by atoms with van der Waals surface area (Å²) in [5.74, 6) is -2.81. The van der Waals surface area contributed by atoms with Crippen LogP contribution in [0.4, 0.5) is 14.5 Å². The van der Waals surface area contributed by atoms with Crippen molar-refractivity contribution in [3.05, 3.63) is 64.7 Å². The van der Waals surface area contributed by atoms with Gasteiger partial charge in [0.1, 0.15) is 6.04 Å². The second kappa shape index (κ2) is 8.71. The van der Waals surface area contributed by atoms with E-state index in [2.05, 4.69) is 17.4 Å². The van der Waals surface area contributed by atoms with Gasteiger partial charge >= 0.3 is 0 Å². The number of aryl methyl sites for hydroxylation is 2. The molecule has 8 heteroatoms. The first-order chi connectivity index (χ1) is 14.1. The van der Waals surface area contributed by atoms with Crippen LogP contribution in [0.5, 0.6) is 0 Å². The summed E-state index contributed by atoms with van der Waals surface area (Å²) in [5, 5.41) is 2.84. The maximum atomic E-state index is 13.7. The van der Waals surface area contributed by atoms with E-state index in [9.17, 15) is 22.0 Å². The Hall–Kier alpha value is -2.48. The van der Waals surface area contributed by atoms with Gasteiger partial charge in [-0.1, -0.05) is 18.2 Å². The van der Waals surface area contributed by atoms with Gasteiger partial charge in [-0.05, 0) is 68.4 Å². The molecule has 1 N–H and O–H groups in total. The van der Waals surface area contributed by atoms with Crippen LogP contribution in [0, 0.1) is 11.6 Å². The lowest BCUT2D eigenvalue weighted by atomic mass is 9.89. The van der Waals surface area contributed by atoms with Crippen molar-refractivity contribution in [2.45, 2.75) is 51.6 Å². The predicted molar refractivity (Wildman–Crippen MR) is 113 cm³/mol. The summed E-state index contributed by atoms with van der Waals surface area (Å²) in [7, 11) is -3.92. The van der Waals surface area contributed by atoms with E-state index in [0.29, 0.717) is 0 Å². The van der Waals surface area contributed by atoms with E-state index < -0.39 is 33.6 Å². The molecule has 1 aliphatic carbocycles. The first-order valence-corrected chi connectivity index (χ1v) is 11.8. The molecule has 2 aromatic rings. The molecule has 0 saturated heterocycles. The molecular weight excluding hydrogens is 410 g/mol. The summed E-state index contributed by atoms with van der Waals surface area (Å²) in [5.41, 5.74) is 3.45. The molecule has 30 heavy (non-hydrogen) atoms. The summed E-state index contributed by atoms with van der Waals surface area (Å²) in [6.07, 6.45) is 5.32. The number of hydrogen-bond donors (Lipinski definition) is 1. The van der Waals surface area contributed by atoms with Gasteiger partial charge < -0.3 is 5.32 Å². The number of nitrogens with one attached hydrogen (secondary N) is 1. The van der Waals surface area contributed by atoms with Crippen molar-refractivity contribution in [2.24, 2.45) is 0 Å². The average Bonchev–Trinajstić information content (AvgIpc) is 2.69. The number of halogens is 2. The molecule has 0 radical (unpaired) electrons. The number of rotatable bonds is 6. The number of nitrogens with zero attached hydrogens (tertiary/aromatic N) is 1. The number of benzene rings is 2. The predicted octanol–water partition coefficient (Wildman–Crippen LogP) is 3.88. The van der Waals surface area contributed by atoms with Crippen LogP contribution in [0.1, 0.15) is 49.4 Å². The van der Waals surface area contributed by atoms with Gasteiger partial charge in [-0.15, -0.1) is 0 Å². The molecule has 162 valence electrons. The minimum atomic E-state index is -3.92. The van der Waals surface area contributed by atoms with Gasteiger partial charge in [0.25, 0.3) is 0 Å². The van der Waals surface area contributed by atoms with E-state index in [-0.39, 0.29) is 11.7 Å². The first kappa shape index (κ1) is 22.2. The Morgan fingerprint density at radius 3 is 2.30 bits per heavy atom. The Labute approximate surface area is 176 Å². The highest BCUT2D eigenvalue weighted by molar-refractivity contribution is 7.92. The van der Waals surface area contributed by atoms with E-state index in [0.717, 1.165) is 53.6 Å². The number of sulfonamides is 1. The Bertz CT molecular complexity index is 1060. The first-order valence-electron chi connectivity index (χ1n) is 9.94. The number of carbonyl (C=O) groups excluding carboxylic acids is 1. The van der Waals surface area contributed by atoms with Crippen LogP contribution in [0.2, 0.25) is 0 Å². The molecule has 0 unspecified atom stereocenters. The zero-order valence-corrected chi connectivity index (χ0v) is 18.1. The maximum absolute atomic E-state index is 13.7. The molecule has 2 atom stereocenters. The molecule has 1 amide bonds. The molecule has 1 aliphatic rings. The van der Waals surface area contributed by atoms with Crippen LogP contribution in [0.25, 0.3) is 0 Å². The molecular formula is C22H26F2N2O3S. The highest BCUT2D eigenvalue weighted by Gasteiger charge is 2.30. The molecule has 0 spiro atoms. The van der Waals surface area contributed by atoms with Crippen LogP contribution in [-0.2, 0) is 27.7 Å². The smallest absolute Gasteiger partial charge is 0.244 e. The van der Waals surface area contributed by atoms with Crippen molar-refractivity contribution in [1.82, 2.24) is 5.32 Å². The van der Waals surface area contributed by atoms with Gasteiger partial charge in [-0.3, -0.25) is 9.10 Å². The molecule has 0 bridgehead atoms. The summed E-state index contributed by atoms with van der Waals surface area (Å²) >= 11 is 0. The second-order valence-electron chi connectivity index (χ2n) is 7.80. The topological polar surface area (TPSA) is 66.5 Å². The van der Waals surface area contributed by atoms with Gasteiger partial charge in [0.15, 0.2) is 11.6 Å². The van der Waals surface area contributed by atoms with Gasteiger partial charge in [-0.2, -0.15) is 0 Å². The Morgan fingerprint density at radius 2 is 1.67 bits per heavy atom. The average molecular weight is 437 g/mol. The van der Waals surface area contributed by atoms with E-state index >= 15 is 0 Å². The maximum Gasteiger partial charge on any atom is 0.244 e. The number of hydrogen-bond acceptors (Lipinski definition) is 3. The summed E-state index contributed by atoms with van der Waals surface area (Å²) in [6, 6.07) is 7.41. The van der Waals surface area contributed by atoms with Crippen LogP contribution in [0.3, 0.4) is 0 Å². The minimum Gasteiger partial charge on any atom is -0.348 e. The van der Waals surface area contributed by atoms with Crippen molar-refractivity contribution in [2.75, 3.05) is 10.6 Å². The highest BCUT2D eigenvalue weighted by atomic mass is 32.2. The SMILES string of the molecule is C[C@H](NC(=O)[C@H](C)N(c1ccc(F)c(F)c1)S(C)(=O)=O)c1ccc2c(c1)CCCC2. The van der Waals surface area contributed by atoms with Crippen LogP contribution in [0.15, 0.2) is 36.4 Å². The molecule has 0 fully saturated rings. The Kier molecular flexibility index (Phi) is 6.45. The monoisotopic (exact) mass is 436 g/mol. The molecule has 2 aromatic carbocycles. The minimum absolute atomic E-state index is 0.111. The van der Waals surface area contributed by atoms with Crippen molar-refractivity contribution in [1.29, 1.82) is 0 Å². The van der Waals surface area contributed by atoms with E-state index in [1.54, 1.807) is 0 Å². The molecule has 0 saturated carbocycles. The quantitative estimate of drug-likeness (QED) is 0.748. The summed E-state index contributed by atoms with van der Waals surface area (Å²) < 4.78 is 52.4. The molecule has 0 heterocycles. The Balaban J connectivity index is 1.80. The van der Waals surface area contributed by atoms with Crippen LogP contribution < -0.4 is 9.62 Å². The van der Waals surface area contributed by atoms with Crippen molar-refractivity contribution in [3.8, 4) is 0 Å². The largest absolute Gasteiger partial charge is 0.348 e. The van der Waals surface area contributed by atoms with E-state index in [1.807, 2.05) is 13.0 Å². The number of amides is 1. The van der Waals surface area contributed by atoms with E-state index in [1.165, 1.54) is 24.5 Å². The summed E-state index contributed by atoms with van der Waals surface area (Å²) in [6.45, 7) is 3.24. The second-order valence-corrected chi connectivity index (χ2v) is 9.66. The zero-order valence-electron chi connectivity index (χ0n) is 17.3. The van der Waals surface area contributed by atoms with E-state index in [4.69, 9.17) is 0 Å². The third kappa shape index (κ3) is 4.80. The van der Waals surface area contributed by atoms with Gasteiger partial charge in [0.05, 0.1) is 18.0 Å². The van der Waals surface area contributed by atoms with Gasteiger partial charge in [0, 0.05) is 6.07 Å². The lowest BCUT2D eigenvalue weighted by Gasteiger charge is -2.29. The highest BCUT2D eigenvalue weighted by Crippen LogP contribution is 2.26. The Morgan fingerprint density at radius 1 is 1.00 bits per heavy atom. The lowest BCUT2D eigenvalue weighted by Crippen LogP contribution is -2.48. The molecule has 0 aromatic heterocycles. The van der Waals surface area contributed by atoms with Gasteiger partial charge in [-0.25, -0.2) is 17.2 Å². The molecule has 0 aliphatic heterocycles. The van der Waals surface area contributed by atoms with Crippen molar-refractivity contribution >= 4 is 21.6 Å². The lowest BCUT2D eigenvalue weighted by molar-refractivity contribution is -0.122. The molecule has 5 nitrogen and oxygen atoms in total. The normalized spacial score (nSPS) is 15.8. The fourth-order valence-electron chi connectivity index (χ4n) is 3.87. The standard InChI is InChI=1S/C22H26F2N2O3S/c1-14(17-9-8-16-6-4-5-7-18(16)12-17)25-22(27)15(2)26(30(3,28)29)19-10-11-20(23)21(24)13-19/h8-15H,4-7H2,1-3H3,(H,25,27)/t14-,15-/m0/s1. The number of fused-ring (bicyclic) bond motifs is 1. The fraction of sp³-hybridized carbons (Fsp3) is 0.409. The number of carbonyl (C=O) groups is 1. The van der Waals surface area contributed by atoms with Gasteiger partial charge in [0.2, 0.25) is 15.9 Å². The number of anilines is 1. The van der Waals surface area contributed by atoms with Crippen LogP contribution >= 0.6 is 0 Å². The van der Waals surface area contributed by atoms with Crippen molar-refractivity contribution in [3.63, 3.8) is 0 Å².